The molecule has 0 aromatic heterocycles. The van der Waals surface area contributed by atoms with E-state index >= 15 is 14.4 Å². The number of nitro benzene ring substituents is 1. The van der Waals surface area contributed by atoms with Crippen LogP contribution in [0.3, 0.4) is 0 Å². The number of carbonyl (C=O) groups excluding carboxylic acids is 4. The highest BCUT2D eigenvalue weighted by molar-refractivity contribution is 6.14. The van der Waals surface area contributed by atoms with Gasteiger partial charge in [0.15, 0.2) is 0 Å². The number of carbonyl (C=O) groups is 4. The van der Waals surface area contributed by atoms with Crippen LogP contribution in [0.1, 0.15) is 108 Å². The van der Waals surface area contributed by atoms with Crippen molar-refractivity contribution in [1.82, 2.24) is 0 Å². The number of nitrogens with zero attached hydrogens (tertiary/aromatic N) is 3. The molecule has 0 saturated heterocycles. The summed E-state index contributed by atoms with van der Waals surface area (Å²) in [5.74, 6) is -1.31. The van der Waals surface area contributed by atoms with Gasteiger partial charge in [-0.1, -0.05) is 55.4 Å². The minimum atomic E-state index is -0.823. The first kappa shape index (κ1) is 69.3. The van der Waals surface area contributed by atoms with Crippen LogP contribution in [0.2, 0.25) is 0 Å². The molecule has 0 aliphatic rings. The SMILES string of the molecule is COC(=O)c1cc(N(Cc2ccc(OC)cc2OC)C(=O)c2cc(NC(=O)c3cc(N(Cc4ccc(OC)cc4OC)C(=O)c4cc([N+](=O)[O-])c(OCC(C)C)cc4OCC(C)C)c(OC)cc3OC)c(OCC(C)C)cc2OCC(C)C)c(OC)cc1OC. The number of hydrogen-bond donors (Lipinski definition) is 1. The predicted octanol–water partition coefficient (Wildman–Crippen LogP) is 12.5. The molecule has 0 radical (unpaired) electrons. The summed E-state index contributed by atoms with van der Waals surface area (Å²) < 4.78 is 76.3. The van der Waals surface area contributed by atoms with Crippen LogP contribution in [-0.2, 0) is 17.8 Å². The standard InChI is InChI=1S/C67H82N4O19/c1-38(2)34-87-58-30-60(89-36-40(5)6)50(24-47(58)65(73)70(33-43-19-21-45(79-10)23-55(43)81-12)52-27-49(67(75)86-17)57(83-14)29-62(52)85-16)68-64(72)46-25-51(61(84-15)28-56(46)82-13)69(32-42-18-20-44(78-9)22-54(42)80-11)66(74)48-26-53(71(76)77)63(90-37-41(7)8)31-59(48)88-35-39(3)4/h18-31,38-41H,32-37H2,1-17H3,(H,68,72). The number of nitrogens with one attached hydrogen (secondary N) is 1. The number of anilines is 3. The summed E-state index contributed by atoms with van der Waals surface area (Å²) in [7, 11) is 12.6. The van der Waals surface area contributed by atoms with Gasteiger partial charge in [-0.25, -0.2) is 4.79 Å². The van der Waals surface area contributed by atoms with Gasteiger partial charge in [0, 0.05) is 53.6 Å². The van der Waals surface area contributed by atoms with Gasteiger partial charge in [0.1, 0.15) is 68.8 Å². The van der Waals surface area contributed by atoms with E-state index in [1.807, 2.05) is 55.4 Å². The van der Waals surface area contributed by atoms with Gasteiger partial charge < -0.3 is 76.7 Å². The highest BCUT2D eigenvalue weighted by Crippen LogP contribution is 2.45. The van der Waals surface area contributed by atoms with Gasteiger partial charge in [-0.05, 0) is 66.1 Å². The van der Waals surface area contributed by atoms with Gasteiger partial charge in [-0.3, -0.25) is 24.5 Å². The number of amides is 3. The maximum Gasteiger partial charge on any atom is 0.341 e. The molecule has 6 aromatic rings. The fourth-order valence-electron chi connectivity index (χ4n) is 9.14. The van der Waals surface area contributed by atoms with Crippen molar-refractivity contribution in [3.63, 3.8) is 0 Å². The third kappa shape index (κ3) is 16.9. The van der Waals surface area contributed by atoms with E-state index in [0.29, 0.717) is 34.1 Å². The van der Waals surface area contributed by atoms with Gasteiger partial charge in [0.2, 0.25) is 5.75 Å². The zero-order valence-corrected chi connectivity index (χ0v) is 54.2. The van der Waals surface area contributed by atoms with Crippen LogP contribution in [0.25, 0.3) is 0 Å². The Labute approximate surface area is 525 Å². The Morgan fingerprint density at radius 2 is 0.800 bits per heavy atom. The van der Waals surface area contributed by atoms with Crippen molar-refractivity contribution in [3.8, 4) is 69.0 Å². The first-order valence-corrected chi connectivity index (χ1v) is 29.0. The van der Waals surface area contributed by atoms with Gasteiger partial charge >= 0.3 is 11.7 Å². The molecule has 0 atom stereocenters. The summed E-state index contributed by atoms with van der Waals surface area (Å²) in [4.78, 5) is 75.6. The van der Waals surface area contributed by atoms with Gasteiger partial charge in [-0.2, -0.15) is 0 Å². The fourth-order valence-corrected chi connectivity index (χ4v) is 9.14. The molecule has 0 bridgehead atoms. The number of benzene rings is 6. The second kappa shape index (κ2) is 31.9. The Hall–Kier alpha value is -9.80. The Morgan fingerprint density at radius 1 is 0.422 bits per heavy atom. The van der Waals surface area contributed by atoms with E-state index in [0.717, 1.165) is 6.07 Å². The van der Waals surface area contributed by atoms with Crippen molar-refractivity contribution in [2.75, 3.05) is 106 Å². The maximum atomic E-state index is 16.0. The van der Waals surface area contributed by atoms with Crippen LogP contribution in [0, 0.1) is 33.8 Å². The molecule has 0 aliphatic carbocycles. The van der Waals surface area contributed by atoms with Crippen LogP contribution in [0.5, 0.6) is 69.0 Å². The van der Waals surface area contributed by atoms with Crippen LogP contribution >= 0.6 is 0 Å². The van der Waals surface area contributed by atoms with Crippen LogP contribution in [-0.4, -0.2) is 119 Å². The molecular weight excluding hydrogens is 1160 g/mol. The van der Waals surface area contributed by atoms with Crippen LogP contribution in [0.4, 0.5) is 22.7 Å². The zero-order valence-electron chi connectivity index (χ0n) is 54.2. The molecular formula is C67H82N4O19. The second-order valence-electron chi connectivity index (χ2n) is 22.3. The molecule has 6 aromatic carbocycles. The van der Waals surface area contributed by atoms with Gasteiger partial charge in [-0.15, -0.1) is 0 Å². The third-order valence-corrected chi connectivity index (χ3v) is 13.7. The molecule has 484 valence electrons. The van der Waals surface area contributed by atoms with E-state index in [-0.39, 0.29) is 149 Å². The van der Waals surface area contributed by atoms with E-state index in [2.05, 4.69) is 5.32 Å². The molecule has 90 heavy (non-hydrogen) atoms. The lowest BCUT2D eigenvalue weighted by molar-refractivity contribution is -0.385. The number of ether oxygens (including phenoxy) is 13. The molecule has 0 spiro atoms. The normalized spacial score (nSPS) is 11.0. The van der Waals surface area contributed by atoms with Gasteiger partial charge in [0.05, 0.1) is 142 Å². The summed E-state index contributed by atoms with van der Waals surface area (Å²) >= 11 is 0. The zero-order chi connectivity index (χ0) is 66.1. The van der Waals surface area contributed by atoms with Crippen molar-refractivity contribution >= 4 is 46.4 Å². The average Bonchev–Trinajstić information content (AvgIpc) is 0.808. The molecule has 23 heteroatoms. The Morgan fingerprint density at radius 3 is 1.20 bits per heavy atom. The number of rotatable bonds is 32. The smallest absolute Gasteiger partial charge is 0.341 e. The van der Waals surface area contributed by atoms with Gasteiger partial charge in [0.25, 0.3) is 17.7 Å². The molecule has 1 N–H and O–H groups in total. The van der Waals surface area contributed by atoms with E-state index in [9.17, 15) is 14.9 Å². The molecule has 23 nitrogen and oxygen atoms in total. The van der Waals surface area contributed by atoms with Crippen molar-refractivity contribution < 1.29 is 85.7 Å². The molecule has 3 amide bonds. The lowest BCUT2D eigenvalue weighted by atomic mass is 10.0. The number of hydrogen-bond acceptors (Lipinski definition) is 19. The van der Waals surface area contributed by atoms with E-state index in [1.165, 1.54) is 116 Å². The number of nitro groups is 1. The molecule has 0 saturated carbocycles. The van der Waals surface area contributed by atoms with Crippen molar-refractivity contribution in [2.45, 2.75) is 68.5 Å². The third-order valence-electron chi connectivity index (χ3n) is 13.7. The van der Waals surface area contributed by atoms with Crippen molar-refractivity contribution in [3.05, 3.63) is 128 Å². The molecule has 0 unspecified atom stereocenters. The first-order chi connectivity index (χ1) is 43.0. The Bertz CT molecular complexity index is 3530. The molecule has 6 rings (SSSR count). The maximum absolute atomic E-state index is 16.0. The molecule has 0 heterocycles. The Kier molecular flexibility index (Phi) is 24.6. The monoisotopic (exact) mass is 1250 g/mol. The van der Waals surface area contributed by atoms with E-state index in [1.54, 1.807) is 36.4 Å². The quantitative estimate of drug-likeness (QED) is 0.0234. The first-order valence-electron chi connectivity index (χ1n) is 29.0. The minimum absolute atomic E-state index is 0.00198. The molecule has 0 fully saturated rings. The summed E-state index contributed by atoms with van der Waals surface area (Å²) in [5, 5.41) is 15.8. The number of methoxy groups -OCH3 is 9. The summed E-state index contributed by atoms with van der Waals surface area (Å²) in [5.41, 5.74) is 0.0820. The van der Waals surface area contributed by atoms with E-state index in [4.69, 9.17) is 61.6 Å². The minimum Gasteiger partial charge on any atom is -0.497 e. The predicted molar refractivity (Wildman–Crippen MR) is 339 cm³/mol. The lowest BCUT2D eigenvalue weighted by Gasteiger charge is -2.28. The second-order valence-corrected chi connectivity index (χ2v) is 22.3. The summed E-state index contributed by atoms with van der Waals surface area (Å²) in [6.07, 6.45) is 0. The Balaban J connectivity index is 1.63. The highest BCUT2D eigenvalue weighted by atomic mass is 16.6. The topological polar surface area (TPSA) is 250 Å². The van der Waals surface area contributed by atoms with Crippen molar-refractivity contribution in [2.24, 2.45) is 23.7 Å². The summed E-state index contributed by atoms with van der Waals surface area (Å²) in [6.45, 7) is 15.4. The van der Waals surface area contributed by atoms with Crippen LogP contribution < -0.4 is 72.0 Å². The number of esters is 1. The lowest BCUT2D eigenvalue weighted by Crippen LogP contribution is -2.32. The fraction of sp³-hybridized carbons (Fsp3) is 0.403. The van der Waals surface area contributed by atoms with Crippen LogP contribution in [0.15, 0.2) is 84.9 Å². The van der Waals surface area contributed by atoms with Crippen molar-refractivity contribution in [1.29, 1.82) is 0 Å². The van der Waals surface area contributed by atoms with E-state index < -0.39 is 34.3 Å². The summed E-state index contributed by atoms with van der Waals surface area (Å²) in [6, 6.07) is 21.1. The largest absolute Gasteiger partial charge is 0.497 e. The average molecular weight is 1250 g/mol. The molecule has 0 aliphatic heterocycles. The highest BCUT2D eigenvalue weighted by Gasteiger charge is 2.34.